The fraction of sp³-hybridized carbons (Fsp3) is 0.733. The van der Waals surface area contributed by atoms with Crippen LogP contribution in [0.2, 0.25) is 0 Å². The lowest BCUT2D eigenvalue weighted by Gasteiger charge is -2.29. The number of hydrogen-bond acceptors (Lipinski definition) is 4. The Balaban J connectivity index is 1.89. The van der Waals surface area contributed by atoms with E-state index in [-0.39, 0.29) is 5.41 Å². The van der Waals surface area contributed by atoms with Crippen LogP contribution < -0.4 is 5.73 Å². The van der Waals surface area contributed by atoms with Gasteiger partial charge in [0.15, 0.2) is 0 Å². The van der Waals surface area contributed by atoms with Crippen LogP contribution in [-0.2, 0) is 5.41 Å². The molecule has 1 atom stereocenters. The van der Waals surface area contributed by atoms with Gasteiger partial charge in [-0.25, -0.2) is 9.97 Å². The van der Waals surface area contributed by atoms with Crippen LogP contribution in [0.25, 0.3) is 0 Å². The zero-order chi connectivity index (χ0) is 13.5. The number of aromatic nitrogens is 2. The molecule has 1 aromatic rings. The van der Waals surface area contributed by atoms with E-state index in [0.29, 0.717) is 12.5 Å². The maximum Gasteiger partial charge on any atom is 0.136 e. The lowest BCUT2D eigenvalue weighted by molar-refractivity contribution is 0.248. The molecule has 1 saturated carbocycles. The molecule has 2 fully saturated rings. The maximum atomic E-state index is 5.91. The van der Waals surface area contributed by atoms with Gasteiger partial charge in [-0.15, -0.1) is 0 Å². The van der Waals surface area contributed by atoms with Gasteiger partial charge in [0.2, 0.25) is 0 Å². The number of rotatable bonds is 3. The van der Waals surface area contributed by atoms with Gasteiger partial charge in [-0.2, -0.15) is 0 Å². The second kappa shape index (κ2) is 4.84. The van der Waals surface area contributed by atoms with Crippen LogP contribution in [0, 0.1) is 6.92 Å². The first-order valence-corrected chi connectivity index (χ1v) is 7.38. The van der Waals surface area contributed by atoms with Gasteiger partial charge in [0.1, 0.15) is 5.82 Å². The maximum absolute atomic E-state index is 5.91. The van der Waals surface area contributed by atoms with E-state index in [1.807, 2.05) is 0 Å². The molecule has 1 aliphatic carbocycles. The molecule has 4 nitrogen and oxygen atoms in total. The second-order valence-electron chi connectivity index (χ2n) is 6.34. The SMILES string of the molecule is Cc1cc(C2CCCN(C)C2)nc(C2(CN)CC2)n1. The Morgan fingerprint density at radius 1 is 1.42 bits per heavy atom. The van der Waals surface area contributed by atoms with Gasteiger partial charge in [0.25, 0.3) is 0 Å². The molecule has 19 heavy (non-hydrogen) atoms. The number of hydrogen-bond donors (Lipinski definition) is 1. The minimum atomic E-state index is 0.0986. The summed E-state index contributed by atoms with van der Waals surface area (Å²) in [7, 11) is 2.20. The van der Waals surface area contributed by atoms with Crippen LogP contribution in [0.15, 0.2) is 6.07 Å². The summed E-state index contributed by atoms with van der Waals surface area (Å²) in [5, 5.41) is 0. The molecule has 104 valence electrons. The number of likely N-dealkylation sites (tertiary alicyclic amines) is 1. The standard InChI is InChI=1S/C15H24N4/c1-11-8-13(12-4-3-7-19(2)9-12)18-14(17-11)15(10-16)5-6-15/h8,12H,3-7,9-10,16H2,1-2H3. The zero-order valence-electron chi connectivity index (χ0n) is 12.0. The molecule has 2 heterocycles. The molecule has 1 aromatic heterocycles. The summed E-state index contributed by atoms with van der Waals surface area (Å²) in [5.41, 5.74) is 8.33. The van der Waals surface area contributed by atoms with Crippen molar-refractivity contribution in [1.82, 2.24) is 14.9 Å². The molecule has 2 aliphatic rings. The van der Waals surface area contributed by atoms with Gasteiger partial charge in [-0.1, -0.05) is 0 Å². The zero-order valence-corrected chi connectivity index (χ0v) is 12.0. The molecule has 1 unspecified atom stereocenters. The number of nitrogens with zero attached hydrogens (tertiary/aromatic N) is 3. The predicted octanol–water partition coefficient (Wildman–Crippen LogP) is 1.58. The van der Waals surface area contributed by atoms with Crippen LogP contribution in [0.1, 0.15) is 48.8 Å². The molecule has 0 aromatic carbocycles. The smallest absolute Gasteiger partial charge is 0.136 e. The molecule has 1 saturated heterocycles. The Morgan fingerprint density at radius 3 is 2.84 bits per heavy atom. The van der Waals surface area contributed by atoms with Crippen molar-refractivity contribution in [2.24, 2.45) is 5.73 Å². The van der Waals surface area contributed by atoms with Crippen molar-refractivity contribution in [3.63, 3.8) is 0 Å². The largest absolute Gasteiger partial charge is 0.329 e. The van der Waals surface area contributed by atoms with Crippen molar-refractivity contribution in [3.8, 4) is 0 Å². The number of piperidine rings is 1. The fourth-order valence-corrected chi connectivity index (χ4v) is 3.12. The van der Waals surface area contributed by atoms with Gasteiger partial charge in [0, 0.05) is 35.8 Å². The summed E-state index contributed by atoms with van der Waals surface area (Å²) in [6, 6.07) is 2.17. The van der Waals surface area contributed by atoms with E-state index in [4.69, 9.17) is 10.7 Å². The molecule has 0 amide bonds. The highest BCUT2D eigenvalue weighted by atomic mass is 15.1. The van der Waals surface area contributed by atoms with Gasteiger partial charge in [0.05, 0.1) is 0 Å². The topological polar surface area (TPSA) is 55.0 Å². The first-order valence-electron chi connectivity index (χ1n) is 7.38. The van der Waals surface area contributed by atoms with Gasteiger partial charge in [-0.3, -0.25) is 0 Å². The van der Waals surface area contributed by atoms with E-state index in [2.05, 4.69) is 29.9 Å². The Morgan fingerprint density at radius 2 is 2.21 bits per heavy atom. The van der Waals surface area contributed by atoms with E-state index in [0.717, 1.165) is 30.9 Å². The van der Waals surface area contributed by atoms with E-state index in [1.54, 1.807) is 0 Å². The molecule has 0 spiro atoms. The normalized spacial score (nSPS) is 26.4. The van der Waals surface area contributed by atoms with Crippen molar-refractivity contribution in [1.29, 1.82) is 0 Å². The van der Waals surface area contributed by atoms with Crippen LogP contribution in [-0.4, -0.2) is 41.5 Å². The van der Waals surface area contributed by atoms with Crippen molar-refractivity contribution in [2.45, 2.75) is 43.9 Å². The molecule has 0 radical (unpaired) electrons. The Labute approximate surface area is 115 Å². The summed E-state index contributed by atoms with van der Waals surface area (Å²) in [4.78, 5) is 11.9. The number of likely N-dealkylation sites (N-methyl/N-ethyl adjacent to an activating group) is 1. The Bertz CT molecular complexity index is 467. The molecular formula is C15H24N4. The molecule has 4 heteroatoms. The predicted molar refractivity (Wildman–Crippen MR) is 76.2 cm³/mol. The lowest BCUT2D eigenvalue weighted by Crippen LogP contribution is -2.32. The third-order valence-electron chi connectivity index (χ3n) is 4.64. The highest BCUT2D eigenvalue weighted by Crippen LogP contribution is 2.45. The van der Waals surface area contributed by atoms with Crippen molar-refractivity contribution in [2.75, 3.05) is 26.7 Å². The minimum Gasteiger partial charge on any atom is -0.329 e. The molecule has 1 aliphatic heterocycles. The van der Waals surface area contributed by atoms with Crippen molar-refractivity contribution in [3.05, 3.63) is 23.3 Å². The number of nitrogens with two attached hydrogens (primary N) is 1. The molecule has 3 rings (SSSR count). The average molecular weight is 260 g/mol. The molecular weight excluding hydrogens is 236 g/mol. The van der Waals surface area contributed by atoms with Crippen LogP contribution in [0.5, 0.6) is 0 Å². The second-order valence-corrected chi connectivity index (χ2v) is 6.34. The van der Waals surface area contributed by atoms with E-state index < -0.39 is 0 Å². The van der Waals surface area contributed by atoms with Crippen molar-refractivity contribution >= 4 is 0 Å². The third kappa shape index (κ3) is 2.51. The first kappa shape index (κ1) is 13.0. The highest BCUT2D eigenvalue weighted by Gasteiger charge is 2.46. The van der Waals surface area contributed by atoms with E-state index in [9.17, 15) is 0 Å². The summed E-state index contributed by atoms with van der Waals surface area (Å²) in [5.74, 6) is 1.56. The van der Waals surface area contributed by atoms with Crippen LogP contribution >= 0.6 is 0 Å². The third-order valence-corrected chi connectivity index (χ3v) is 4.64. The van der Waals surface area contributed by atoms with E-state index >= 15 is 0 Å². The summed E-state index contributed by atoms with van der Waals surface area (Å²) in [6.07, 6.45) is 4.81. The molecule has 0 bridgehead atoms. The van der Waals surface area contributed by atoms with Crippen LogP contribution in [0.3, 0.4) is 0 Å². The van der Waals surface area contributed by atoms with Crippen LogP contribution in [0.4, 0.5) is 0 Å². The van der Waals surface area contributed by atoms with E-state index in [1.165, 1.54) is 25.1 Å². The number of aryl methyl sites for hydroxylation is 1. The molecule has 2 N–H and O–H groups in total. The summed E-state index contributed by atoms with van der Waals surface area (Å²) >= 11 is 0. The monoisotopic (exact) mass is 260 g/mol. The first-order chi connectivity index (χ1) is 9.13. The fourth-order valence-electron chi connectivity index (χ4n) is 3.12. The average Bonchev–Trinajstić information content (AvgIpc) is 3.19. The van der Waals surface area contributed by atoms with Gasteiger partial charge >= 0.3 is 0 Å². The Kier molecular flexibility index (Phi) is 3.31. The lowest BCUT2D eigenvalue weighted by atomic mass is 9.94. The highest BCUT2D eigenvalue weighted by molar-refractivity contribution is 5.24. The van der Waals surface area contributed by atoms with Crippen molar-refractivity contribution < 1.29 is 0 Å². The van der Waals surface area contributed by atoms with Gasteiger partial charge < -0.3 is 10.6 Å². The summed E-state index contributed by atoms with van der Waals surface area (Å²) < 4.78 is 0. The minimum absolute atomic E-state index is 0.0986. The summed E-state index contributed by atoms with van der Waals surface area (Å²) in [6.45, 7) is 5.08. The quantitative estimate of drug-likeness (QED) is 0.896. The van der Waals surface area contributed by atoms with Gasteiger partial charge in [-0.05, 0) is 52.3 Å². The Hall–Kier alpha value is -1.00.